The Morgan fingerprint density at radius 1 is 1.33 bits per heavy atom. The Kier molecular flexibility index (Phi) is 3.52. The molecule has 82 valence electrons. The van der Waals surface area contributed by atoms with Gasteiger partial charge in [0.2, 0.25) is 0 Å². The van der Waals surface area contributed by atoms with Crippen LogP contribution in [0, 0.1) is 0 Å². The molecule has 0 spiro atoms. The summed E-state index contributed by atoms with van der Waals surface area (Å²) in [6.07, 6.45) is 2.17. The van der Waals surface area contributed by atoms with Crippen molar-refractivity contribution < 1.29 is 4.74 Å². The van der Waals surface area contributed by atoms with E-state index in [9.17, 15) is 0 Å². The Labute approximate surface area is 99.3 Å². The second-order valence-corrected chi connectivity index (χ2v) is 4.74. The molecule has 1 aliphatic carbocycles. The summed E-state index contributed by atoms with van der Waals surface area (Å²) in [5.41, 5.74) is 6.60. The Morgan fingerprint density at radius 2 is 2.07 bits per heavy atom. The smallest absolute Gasteiger partial charge is 0.0735 e. The van der Waals surface area contributed by atoms with Gasteiger partial charge in [-0.05, 0) is 36.6 Å². The van der Waals surface area contributed by atoms with Crippen LogP contribution < -0.4 is 5.73 Å². The molecule has 0 bridgehead atoms. The van der Waals surface area contributed by atoms with Crippen LogP contribution in [-0.4, -0.2) is 12.1 Å². The molecule has 2 rings (SSSR count). The molecule has 1 fully saturated rings. The Hall–Kier alpha value is -0.280. The van der Waals surface area contributed by atoms with Gasteiger partial charge in [-0.2, -0.15) is 0 Å². The van der Waals surface area contributed by atoms with E-state index in [-0.39, 0.29) is 6.10 Å². The number of hydrogen-bond acceptors (Lipinski definition) is 2. The molecule has 15 heavy (non-hydrogen) atoms. The fourth-order valence-corrected chi connectivity index (χ4v) is 1.97. The summed E-state index contributed by atoms with van der Waals surface area (Å²) >= 11 is 11.9. The molecule has 0 radical (unpaired) electrons. The van der Waals surface area contributed by atoms with E-state index in [1.165, 1.54) is 0 Å². The zero-order valence-corrected chi connectivity index (χ0v) is 9.76. The largest absolute Gasteiger partial charge is 0.373 e. The molecule has 0 atom stereocenters. The van der Waals surface area contributed by atoms with Crippen LogP contribution in [0.3, 0.4) is 0 Å². The van der Waals surface area contributed by atoms with Gasteiger partial charge in [-0.25, -0.2) is 0 Å². The van der Waals surface area contributed by atoms with E-state index in [0.29, 0.717) is 22.7 Å². The first-order valence-corrected chi connectivity index (χ1v) is 5.72. The molecule has 0 saturated heterocycles. The molecule has 1 aliphatic rings. The quantitative estimate of drug-likeness (QED) is 0.889. The normalized spacial score (nSPS) is 25.0. The van der Waals surface area contributed by atoms with Crippen molar-refractivity contribution in [3.8, 4) is 0 Å². The first-order valence-electron chi connectivity index (χ1n) is 4.96. The van der Waals surface area contributed by atoms with E-state index in [2.05, 4.69) is 0 Å². The van der Waals surface area contributed by atoms with Crippen LogP contribution in [0.5, 0.6) is 0 Å². The van der Waals surface area contributed by atoms with Crippen molar-refractivity contribution in [1.29, 1.82) is 0 Å². The van der Waals surface area contributed by atoms with Gasteiger partial charge in [0.25, 0.3) is 0 Å². The van der Waals surface area contributed by atoms with Gasteiger partial charge in [0.05, 0.1) is 12.7 Å². The van der Waals surface area contributed by atoms with Gasteiger partial charge >= 0.3 is 0 Å². The predicted octanol–water partition coefficient (Wildman–Crippen LogP) is 3.00. The number of halogens is 2. The molecule has 4 heteroatoms. The summed E-state index contributed by atoms with van der Waals surface area (Å²) in [6, 6.07) is 5.70. The lowest BCUT2D eigenvalue weighted by Gasteiger charge is -2.32. The van der Waals surface area contributed by atoms with E-state index in [4.69, 9.17) is 33.7 Å². The third kappa shape index (κ3) is 2.85. The lowest BCUT2D eigenvalue weighted by molar-refractivity contribution is -0.0188. The summed E-state index contributed by atoms with van der Waals surface area (Å²) in [5, 5.41) is 1.38. The molecule has 1 saturated carbocycles. The van der Waals surface area contributed by atoms with Crippen LogP contribution in [0.25, 0.3) is 0 Å². The molecule has 1 aromatic rings. The average Bonchev–Trinajstić information content (AvgIpc) is 2.16. The van der Waals surface area contributed by atoms with Crippen molar-refractivity contribution in [1.82, 2.24) is 0 Å². The first kappa shape index (κ1) is 11.2. The molecule has 0 aromatic heterocycles. The number of hydrogen-bond donors (Lipinski definition) is 1. The Balaban J connectivity index is 1.90. The highest BCUT2D eigenvalue weighted by atomic mass is 35.5. The van der Waals surface area contributed by atoms with Crippen LogP contribution in [0.15, 0.2) is 18.2 Å². The van der Waals surface area contributed by atoms with Crippen LogP contribution in [0.2, 0.25) is 10.0 Å². The molecular weight excluding hydrogens is 233 g/mol. The van der Waals surface area contributed by atoms with Gasteiger partial charge in [-0.1, -0.05) is 23.2 Å². The van der Waals surface area contributed by atoms with Gasteiger partial charge in [0.1, 0.15) is 0 Å². The van der Waals surface area contributed by atoms with Crippen LogP contribution >= 0.6 is 23.2 Å². The average molecular weight is 246 g/mol. The fraction of sp³-hybridized carbons (Fsp3) is 0.455. The lowest BCUT2D eigenvalue weighted by atomic mass is 9.90. The summed E-state index contributed by atoms with van der Waals surface area (Å²) in [4.78, 5) is 0. The maximum absolute atomic E-state index is 6.01. The van der Waals surface area contributed by atoms with Crippen molar-refractivity contribution in [3.05, 3.63) is 33.8 Å². The van der Waals surface area contributed by atoms with Gasteiger partial charge in [0, 0.05) is 16.1 Å². The number of benzene rings is 1. The van der Waals surface area contributed by atoms with Gasteiger partial charge in [-0.15, -0.1) is 0 Å². The third-order valence-corrected chi connectivity index (χ3v) is 3.22. The molecule has 0 amide bonds. The van der Waals surface area contributed by atoms with Crippen molar-refractivity contribution in [2.75, 3.05) is 0 Å². The molecule has 1 aromatic carbocycles. The topological polar surface area (TPSA) is 35.2 Å². The highest BCUT2D eigenvalue weighted by molar-refractivity contribution is 6.33. The second-order valence-electron chi connectivity index (χ2n) is 3.90. The van der Waals surface area contributed by atoms with E-state index >= 15 is 0 Å². The maximum atomic E-state index is 6.01. The van der Waals surface area contributed by atoms with Crippen molar-refractivity contribution in [2.24, 2.45) is 5.73 Å². The fourth-order valence-electron chi connectivity index (χ4n) is 1.60. The second kappa shape index (κ2) is 4.71. The lowest BCUT2D eigenvalue weighted by Crippen LogP contribution is -2.41. The van der Waals surface area contributed by atoms with Gasteiger partial charge in [0.15, 0.2) is 0 Å². The van der Waals surface area contributed by atoms with E-state index in [1.807, 2.05) is 6.07 Å². The highest BCUT2D eigenvalue weighted by Gasteiger charge is 2.26. The minimum absolute atomic E-state index is 0.287. The third-order valence-electron chi connectivity index (χ3n) is 2.61. The molecule has 2 nitrogen and oxygen atoms in total. The molecule has 0 aliphatic heterocycles. The zero-order valence-electron chi connectivity index (χ0n) is 8.25. The minimum atomic E-state index is 0.287. The van der Waals surface area contributed by atoms with E-state index in [0.717, 1.165) is 18.4 Å². The highest BCUT2D eigenvalue weighted by Crippen LogP contribution is 2.25. The molecule has 2 N–H and O–H groups in total. The van der Waals surface area contributed by atoms with Crippen LogP contribution in [-0.2, 0) is 11.3 Å². The zero-order chi connectivity index (χ0) is 10.8. The molecular formula is C11H13Cl2NO. The Bertz CT molecular complexity index is 350. The molecule has 0 heterocycles. The predicted molar refractivity (Wildman–Crippen MR) is 62.2 cm³/mol. The standard InChI is InChI=1S/C11H13Cl2NO/c12-8-1-2-11(13)7(3-8)6-15-10-4-9(14)5-10/h1-3,9-10H,4-6,14H2. The van der Waals surface area contributed by atoms with Crippen LogP contribution in [0.4, 0.5) is 0 Å². The maximum Gasteiger partial charge on any atom is 0.0735 e. The number of nitrogens with two attached hydrogens (primary N) is 1. The molecule has 0 unspecified atom stereocenters. The van der Waals surface area contributed by atoms with Crippen molar-refractivity contribution in [3.63, 3.8) is 0 Å². The van der Waals surface area contributed by atoms with E-state index < -0.39 is 0 Å². The monoisotopic (exact) mass is 245 g/mol. The summed E-state index contributed by atoms with van der Waals surface area (Å²) in [5.74, 6) is 0. The van der Waals surface area contributed by atoms with Gasteiger partial charge in [-0.3, -0.25) is 0 Å². The number of ether oxygens (including phenoxy) is 1. The Morgan fingerprint density at radius 3 is 2.73 bits per heavy atom. The van der Waals surface area contributed by atoms with Gasteiger partial charge < -0.3 is 10.5 Å². The van der Waals surface area contributed by atoms with Crippen LogP contribution in [0.1, 0.15) is 18.4 Å². The summed E-state index contributed by atoms with van der Waals surface area (Å²) < 4.78 is 5.65. The summed E-state index contributed by atoms with van der Waals surface area (Å²) in [6.45, 7) is 0.511. The first-order chi connectivity index (χ1) is 7.15. The SMILES string of the molecule is NC1CC(OCc2cc(Cl)ccc2Cl)C1. The number of rotatable bonds is 3. The van der Waals surface area contributed by atoms with Crippen molar-refractivity contribution >= 4 is 23.2 Å². The summed E-state index contributed by atoms with van der Waals surface area (Å²) in [7, 11) is 0. The van der Waals surface area contributed by atoms with Crippen molar-refractivity contribution in [2.45, 2.75) is 31.6 Å². The van der Waals surface area contributed by atoms with E-state index in [1.54, 1.807) is 12.1 Å². The minimum Gasteiger partial charge on any atom is -0.373 e.